The summed E-state index contributed by atoms with van der Waals surface area (Å²) in [5.74, 6) is 0.242. The van der Waals surface area contributed by atoms with Gasteiger partial charge in [-0.1, -0.05) is 41.5 Å². The summed E-state index contributed by atoms with van der Waals surface area (Å²) in [5, 5.41) is 21.1. The van der Waals surface area contributed by atoms with Gasteiger partial charge in [0.25, 0.3) is 0 Å². The molecule has 0 radical (unpaired) electrons. The lowest BCUT2D eigenvalue weighted by Crippen LogP contribution is -2.19. The minimum atomic E-state index is -0.972. The number of phenolic OH excluding ortho intramolecular Hbond substituents is 1. The van der Waals surface area contributed by atoms with E-state index in [1.807, 2.05) is 41.5 Å². The summed E-state index contributed by atoms with van der Waals surface area (Å²) in [7, 11) is 0. The molecule has 0 fully saturated rings. The molecule has 5 heteroatoms. The largest absolute Gasteiger partial charge is 0.507 e. The Morgan fingerprint density at radius 1 is 1.12 bits per heavy atom. The Morgan fingerprint density at radius 2 is 1.58 bits per heavy atom. The fourth-order valence-corrected chi connectivity index (χ4v) is 2.58. The van der Waals surface area contributed by atoms with Crippen molar-refractivity contribution in [2.24, 2.45) is 0 Å². The van der Waals surface area contributed by atoms with Gasteiger partial charge in [-0.2, -0.15) is 12.6 Å². The molecule has 0 aliphatic rings. The molecule has 1 aromatic rings. The van der Waals surface area contributed by atoms with E-state index in [2.05, 4.69) is 12.6 Å². The molecule has 0 saturated heterocycles. The van der Waals surface area contributed by atoms with E-state index in [1.54, 1.807) is 12.1 Å². The standard InChI is InChI=1S/C19H30O4S/c1-18(2,3)13-9-12(10-14(17(13)22)19(4,5)6)15(20)11-16(21)23-7-8-24/h9-10,15,20,22,24H,7-8,11H2,1-6H3. The molecular weight excluding hydrogens is 324 g/mol. The molecule has 2 N–H and O–H groups in total. The van der Waals surface area contributed by atoms with E-state index < -0.39 is 12.1 Å². The van der Waals surface area contributed by atoms with Crippen LogP contribution in [0.3, 0.4) is 0 Å². The Balaban J connectivity index is 3.26. The van der Waals surface area contributed by atoms with Crippen LogP contribution >= 0.6 is 12.6 Å². The predicted octanol–water partition coefficient (Wildman–Crippen LogP) is 3.88. The normalized spacial score (nSPS) is 13.7. The molecule has 1 aromatic carbocycles. The third-order valence-electron chi connectivity index (χ3n) is 3.85. The van der Waals surface area contributed by atoms with Crippen molar-refractivity contribution in [2.45, 2.75) is 64.9 Å². The highest BCUT2D eigenvalue weighted by atomic mass is 32.1. The van der Waals surface area contributed by atoms with Crippen molar-refractivity contribution in [2.75, 3.05) is 12.4 Å². The maximum absolute atomic E-state index is 11.8. The lowest BCUT2D eigenvalue weighted by molar-refractivity contribution is -0.145. The number of aliphatic hydroxyl groups excluding tert-OH is 1. The molecule has 0 bridgehead atoms. The third kappa shape index (κ3) is 5.42. The van der Waals surface area contributed by atoms with Gasteiger partial charge in [-0.3, -0.25) is 4.79 Å². The lowest BCUT2D eigenvalue weighted by atomic mass is 9.78. The summed E-state index contributed by atoms with van der Waals surface area (Å²) in [5.41, 5.74) is 1.56. The van der Waals surface area contributed by atoms with E-state index in [0.717, 1.165) is 11.1 Å². The van der Waals surface area contributed by atoms with Crippen molar-refractivity contribution in [3.63, 3.8) is 0 Å². The maximum Gasteiger partial charge on any atom is 0.308 e. The number of carbonyl (C=O) groups is 1. The average Bonchev–Trinajstić information content (AvgIpc) is 2.42. The van der Waals surface area contributed by atoms with E-state index in [1.165, 1.54) is 0 Å². The van der Waals surface area contributed by atoms with E-state index in [0.29, 0.717) is 11.3 Å². The molecular formula is C19H30O4S. The third-order valence-corrected chi connectivity index (χ3v) is 4.03. The van der Waals surface area contributed by atoms with Gasteiger partial charge in [-0.25, -0.2) is 0 Å². The van der Waals surface area contributed by atoms with Gasteiger partial charge >= 0.3 is 5.97 Å². The van der Waals surface area contributed by atoms with E-state index in [-0.39, 0.29) is 29.6 Å². The fraction of sp³-hybridized carbons (Fsp3) is 0.632. The molecule has 136 valence electrons. The van der Waals surface area contributed by atoms with Crippen LogP contribution in [-0.4, -0.2) is 28.5 Å². The van der Waals surface area contributed by atoms with Crippen LogP contribution < -0.4 is 0 Å². The number of rotatable bonds is 5. The van der Waals surface area contributed by atoms with Crippen LogP contribution in [-0.2, 0) is 20.4 Å². The Morgan fingerprint density at radius 3 is 1.96 bits per heavy atom. The second-order valence-corrected chi connectivity index (χ2v) is 8.58. The molecule has 0 aromatic heterocycles. The molecule has 0 spiro atoms. The maximum atomic E-state index is 11.8. The number of thiol groups is 1. The van der Waals surface area contributed by atoms with Crippen molar-refractivity contribution >= 4 is 18.6 Å². The summed E-state index contributed by atoms with van der Waals surface area (Å²) < 4.78 is 4.98. The second kappa shape index (κ2) is 7.79. The van der Waals surface area contributed by atoms with Crippen LogP contribution in [0.15, 0.2) is 12.1 Å². The first-order valence-electron chi connectivity index (χ1n) is 8.20. The Bertz CT molecular complexity index is 547. The Hall–Kier alpha value is -1.20. The number of ether oxygens (including phenoxy) is 1. The number of esters is 1. The van der Waals surface area contributed by atoms with Crippen LogP contribution in [0.4, 0.5) is 0 Å². The van der Waals surface area contributed by atoms with Gasteiger partial charge < -0.3 is 14.9 Å². The molecule has 0 aliphatic carbocycles. The average molecular weight is 355 g/mol. The first-order chi connectivity index (χ1) is 10.9. The number of phenols is 1. The van der Waals surface area contributed by atoms with Gasteiger partial charge in [0, 0.05) is 5.75 Å². The van der Waals surface area contributed by atoms with Crippen LogP contribution in [0, 0.1) is 0 Å². The van der Waals surface area contributed by atoms with Crippen molar-refractivity contribution in [1.29, 1.82) is 0 Å². The molecule has 1 atom stereocenters. The summed E-state index contributed by atoms with van der Waals surface area (Å²) in [6, 6.07) is 3.56. The van der Waals surface area contributed by atoms with Gasteiger partial charge in [-0.15, -0.1) is 0 Å². The minimum absolute atomic E-state index is 0.119. The SMILES string of the molecule is CC(C)(C)c1cc(C(O)CC(=O)OCCS)cc(C(C)(C)C)c1O. The van der Waals surface area contributed by atoms with Gasteiger partial charge in [-0.05, 0) is 39.7 Å². The zero-order valence-corrected chi connectivity index (χ0v) is 16.4. The van der Waals surface area contributed by atoms with Crippen molar-refractivity contribution in [3.05, 3.63) is 28.8 Å². The zero-order chi connectivity index (χ0) is 18.7. The number of hydrogen-bond acceptors (Lipinski definition) is 5. The summed E-state index contributed by atoms with van der Waals surface area (Å²) >= 11 is 3.99. The fourth-order valence-electron chi connectivity index (χ4n) is 2.49. The van der Waals surface area contributed by atoms with Crippen molar-refractivity contribution < 1.29 is 19.7 Å². The monoisotopic (exact) mass is 354 g/mol. The first kappa shape index (κ1) is 20.8. The van der Waals surface area contributed by atoms with Crippen molar-refractivity contribution in [1.82, 2.24) is 0 Å². The number of benzene rings is 1. The van der Waals surface area contributed by atoms with E-state index in [4.69, 9.17) is 4.74 Å². The molecule has 0 aliphatic heterocycles. The molecule has 4 nitrogen and oxygen atoms in total. The van der Waals surface area contributed by atoms with Crippen LogP contribution in [0.5, 0.6) is 5.75 Å². The smallest absolute Gasteiger partial charge is 0.308 e. The molecule has 1 unspecified atom stereocenters. The first-order valence-corrected chi connectivity index (χ1v) is 8.83. The number of carbonyl (C=O) groups excluding carboxylic acids is 1. The topological polar surface area (TPSA) is 66.8 Å². The Kier molecular flexibility index (Phi) is 6.76. The summed E-state index contributed by atoms with van der Waals surface area (Å²) in [6.07, 6.45) is -1.09. The van der Waals surface area contributed by atoms with Crippen molar-refractivity contribution in [3.8, 4) is 5.75 Å². The molecule has 1 rings (SSSR count). The Labute approximate surface area is 150 Å². The molecule has 24 heavy (non-hydrogen) atoms. The lowest BCUT2D eigenvalue weighted by Gasteiger charge is -2.29. The highest BCUT2D eigenvalue weighted by Gasteiger charge is 2.28. The molecule has 0 heterocycles. The number of aliphatic hydroxyl groups is 1. The highest BCUT2D eigenvalue weighted by molar-refractivity contribution is 7.80. The van der Waals surface area contributed by atoms with Crippen LogP contribution in [0.25, 0.3) is 0 Å². The minimum Gasteiger partial charge on any atom is -0.507 e. The highest BCUT2D eigenvalue weighted by Crippen LogP contribution is 2.41. The zero-order valence-electron chi connectivity index (χ0n) is 15.5. The molecule has 0 saturated carbocycles. The summed E-state index contributed by atoms with van der Waals surface area (Å²) in [6.45, 7) is 12.3. The van der Waals surface area contributed by atoms with Gasteiger partial charge in [0.1, 0.15) is 12.4 Å². The summed E-state index contributed by atoms with van der Waals surface area (Å²) in [4.78, 5) is 11.8. The van der Waals surface area contributed by atoms with Crippen LogP contribution in [0.2, 0.25) is 0 Å². The van der Waals surface area contributed by atoms with E-state index in [9.17, 15) is 15.0 Å². The number of hydrogen-bond donors (Lipinski definition) is 3. The van der Waals surface area contributed by atoms with E-state index >= 15 is 0 Å². The predicted molar refractivity (Wildman–Crippen MR) is 99.9 cm³/mol. The van der Waals surface area contributed by atoms with Gasteiger partial charge in [0.05, 0.1) is 12.5 Å². The van der Waals surface area contributed by atoms with Gasteiger partial charge in [0.15, 0.2) is 0 Å². The van der Waals surface area contributed by atoms with Crippen LogP contribution in [0.1, 0.15) is 70.8 Å². The number of aromatic hydroxyl groups is 1. The quantitative estimate of drug-likeness (QED) is 0.554. The van der Waals surface area contributed by atoms with Gasteiger partial charge in [0.2, 0.25) is 0 Å². The second-order valence-electron chi connectivity index (χ2n) is 8.13. The molecule has 0 amide bonds.